The fraction of sp³-hybridized carbons (Fsp3) is 0.625. The number of rotatable bonds is 2. The summed E-state index contributed by atoms with van der Waals surface area (Å²) in [4.78, 5) is 2.57. The van der Waals surface area contributed by atoms with E-state index < -0.39 is 0 Å². The number of nitrogens with one attached hydrogen (secondary N) is 2. The number of benzene rings is 1. The van der Waals surface area contributed by atoms with Gasteiger partial charge in [0.25, 0.3) is 0 Å². The van der Waals surface area contributed by atoms with Gasteiger partial charge in [0, 0.05) is 43.8 Å². The lowest BCUT2D eigenvalue weighted by Crippen LogP contribution is -2.69. The van der Waals surface area contributed by atoms with Gasteiger partial charge in [0.15, 0.2) is 0 Å². The lowest BCUT2D eigenvalue weighted by atomic mass is 9.89. The van der Waals surface area contributed by atoms with Crippen molar-refractivity contribution in [3.05, 3.63) is 35.9 Å². The maximum atomic E-state index is 3.88. The molecule has 1 unspecified atom stereocenters. The fourth-order valence-corrected chi connectivity index (χ4v) is 3.60. The Hall–Kier alpha value is -0.900. The Morgan fingerprint density at radius 2 is 1.95 bits per heavy atom. The lowest BCUT2D eigenvalue weighted by Gasteiger charge is -2.45. The summed E-state index contributed by atoms with van der Waals surface area (Å²) >= 11 is 0. The van der Waals surface area contributed by atoms with Crippen LogP contribution in [0, 0.1) is 0 Å². The van der Waals surface area contributed by atoms with Crippen LogP contribution in [0.1, 0.15) is 25.8 Å². The molecule has 2 N–H and O–H groups in total. The zero-order chi connectivity index (χ0) is 13.3. The van der Waals surface area contributed by atoms with E-state index in [1.807, 2.05) is 0 Å². The normalized spacial score (nSPS) is 30.8. The molecule has 0 aliphatic carbocycles. The zero-order valence-corrected chi connectivity index (χ0v) is 12.1. The van der Waals surface area contributed by atoms with Gasteiger partial charge < -0.3 is 10.6 Å². The Bertz CT molecular complexity index is 429. The van der Waals surface area contributed by atoms with Crippen LogP contribution in [0.4, 0.5) is 0 Å². The topological polar surface area (TPSA) is 27.3 Å². The highest BCUT2D eigenvalue weighted by Gasteiger charge is 2.43. The van der Waals surface area contributed by atoms with E-state index in [1.165, 1.54) is 18.5 Å². The third-order valence-electron chi connectivity index (χ3n) is 4.32. The molecule has 1 spiro atoms. The van der Waals surface area contributed by atoms with E-state index in [9.17, 15) is 0 Å². The smallest absolute Gasteiger partial charge is 0.0451 e. The third-order valence-corrected chi connectivity index (χ3v) is 4.32. The quantitative estimate of drug-likeness (QED) is 0.845. The largest absolute Gasteiger partial charge is 0.313 e. The maximum Gasteiger partial charge on any atom is 0.0451 e. The predicted molar refractivity (Wildman–Crippen MR) is 79.2 cm³/mol. The molecule has 0 radical (unpaired) electrons. The lowest BCUT2D eigenvalue weighted by molar-refractivity contribution is 0.168. The van der Waals surface area contributed by atoms with E-state index in [0.29, 0.717) is 0 Å². The van der Waals surface area contributed by atoms with Gasteiger partial charge in [-0.1, -0.05) is 30.3 Å². The van der Waals surface area contributed by atoms with Crippen molar-refractivity contribution in [3.63, 3.8) is 0 Å². The molecule has 1 aromatic carbocycles. The molecule has 3 nitrogen and oxygen atoms in total. The average molecular weight is 259 g/mol. The van der Waals surface area contributed by atoms with E-state index in [-0.39, 0.29) is 11.1 Å². The molecule has 19 heavy (non-hydrogen) atoms. The van der Waals surface area contributed by atoms with Crippen molar-refractivity contribution in [1.82, 2.24) is 15.5 Å². The maximum absolute atomic E-state index is 3.88. The first kappa shape index (κ1) is 13.1. The number of hydrogen-bond acceptors (Lipinski definition) is 3. The Balaban J connectivity index is 1.64. The number of hydrogen-bond donors (Lipinski definition) is 2. The predicted octanol–water partition coefficient (Wildman–Crippen LogP) is 1.60. The number of nitrogens with zero attached hydrogens (tertiary/aromatic N) is 1. The molecule has 0 bridgehead atoms. The highest BCUT2D eigenvalue weighted by Crippen LogP contribution is 2.27. The average Bonchev–Trinajstić information content (AvgIpc) is 2.71. The minimum Gasteiger partial charge on any atom is -0.313 e. The van der Waals surface area contributed by atoms with E-state index in [1.54, 1.807) is 0 Å². The van der Waals surface area contributed by atoms with Crippen molar-refractivity contribution in [2.75, 3.05) is 26.2 Å². The molecule has 104 valence electrons. The second-order valence-electron chi connectivity index (χ2n) is 6.84. The van der Waals surface area contributed by atoms with Crippen LogP contribution in [0.15, 0.2) is 30.3 Å². The van der Waals surface area contributed by atoms with Crippen LogP contribution in [0.25, 0.3) is 0 Å². The van der Waals surface area contributed by atoms with Crippen LogP contribution < -0.4 is 10.6 Å². The second kappa shape index (κ2) is 4.89. The number of likely N-dealkylation sites (tertiary alicyclic amines) is 1. The van der Waals surface area contributed by atoms with E-state index in [2.05, 4.69) is 59.7 Å². The van der Waals surface area contributed by atoms with Gasteiger partial charge in [-0.05, 0) is 25.8 Å². The summed E-state index contributed by atoms with van der Waals surface area (Å²) in [5.41, 5.74) is 1.90. The molecule has 0 aromatic heterocycles. The van der Waals surface area contributed by atoms with Gasteiger partial charge in [0.2, 0.25) is 0 Å². The van der Waals surface area contributed by atoms with Crippen LogP contribution in [-0.4, -0.2) is 42.2 Å². The van der Waals surface area contributed by atoms with Gasteiger partial charge in [-0.2, -0.15) is 0 Å². The third kappa shape index (κ3) is 2.99. The Labute approximate surface area is 116 Å². The first-order chi connectivity index (χ1) is 9.07. The second-order valence-corrected chi connectivity index (χ2v) is 6.84. The highest BCUT2D eigenvalue weighted by molar-refractivity contribution is 5.15. The molecule has 2 fully saturated rings. The molecule has 1 atom stereocenters. The summed E-state index contributed by atoms with van der Waals surface area (Å²) in [5, 5.41) is 7.48. The summed E-state index contributed by atoms with van der Waals surface area (Å²) in [6.45, 7) is 10.2. The monoisotopic (exact) mass is 259 g/mol. The van der Waals surface area contributed by atoms with Crippen LogP contribution in [-0.2, 0) is 6.54 Å². The first-order valence-corrected chi connectivity index (χ1v) is 7.33. The Morgan fingerprint density at radius 1 is 1.16 bits per heavy atom. The first-order valence-electron chi connectivity index (χ1n) is 7.33. The molecule has 2 aliphatic heterocycles. The Kier molecular flexibility index (Phi) is 3.37. The van der Waals surface area contributed by atoms with Gasteiger partial charge >= 0.3 is 0 Å². The molecule has 0 amide bonds. The summed E-state index contributed by atoms with van der Waals surface area (Å²) in [5.74, 6) is 0. The minimum absolute atomic E-state index is 0.209. The SMILES string of the molecule is CC1(C)CNCC2(CCN(Cc3ccccc3)C2)N1. The molecule has 2 aliphatic rings. The van der Waals surface area contributed by atoms with E-state index in [4.69, 9.17) is 0 Å². The van der Waals surface area contributed by atoms with Crippen molar-refractivity contribution in [2.24, 2.45) is 0 Å². The van der Waals surface area contributed by atoms with Gasteiger partial charge in [-0.3, -0.25) is 4.90 Å². The number of piperazine rings is 1. The van der Waals surface area contributed by atoms with Crippen molar-refractivity contribution in [3.8, 4) is 0 Å². The molecule has 1 aromatic rings. The van der Waals surface area contributed by atoms with Crippen LogP contribution in [0.3, 0.4) is 0 Å². The van der Waals surface area contributed by atoms with Gasteiger partial charge in [-0.25, -0.2) is 0 Å². The van der Waals surface area contributed by atoms with Crippen LogP contribution in [0.5, 0.6) is 0 Å². The van der Waals surface area contributed by atoms with Crippen molar-refractivity contribution >= 4 is 0 Å². The van der Waals surface area contributed by atoms with Crippen molar-refractivity contribution in [1.29, 1.82) is 0 Å². The molecule has 0 saturated carbocycles. The van der Waals surface area contributed by atoms with Crippen LogP contribution in [0.2, 0.25) is 0 Å². The summed E-state index contributed by atoms with van der Waals surface area (Å²) in [6.07, 6.45) is 1.25. The van der Waals surface area contributed by atoms with E-state index >= 15 is 0 Å². The van der Waals surface area contributed by atoms with Crippen molar-refractivity contribution in [2.45, 2.75) is 37.9 Å². The summed E-state index contributed by atoms with van der Waals surface area (Å²) in [7, 11) is 0. The van der Waals surface area contributed by atoms with Gasteiger partial charge in [0.05, 0.1) is 0 Å². The Morgan fingerprint density at radius 3 is 2.68 bits per heavy atom. The summed E-state index contributed by atoms with van der Waals surface area (Å²) in [6, 6.07) is 10.8. The molecular weight excluding hydrogens is 234 g/mol. The fourth-order valence-electron chi connectivity index (χ4n) is 3.60. The van der Waals surface area contributed by atoms with Crippen molar-refractivity contribution < 1.29 is 0 Å². The summed E-state index contributed by atoms with van der Waals surface area (Å²) < 4.78 is 0. The zero-order valence-electron chi connectivity index (χ0n) is 12.1. The molecule has 3 heteroatoms. The molecule has 2 saturated heterocycles. The molecule has 3 rings (SSSR count). The van der Waals surface area contributed by atoms with Gasteiger partial charge in [-0.15, -0.1) is 0 Å². The molecule has 2 heterocycles. The van der Waals surface area contributed by atoms with Gasteiger partial charge in [0.1, 0.15) is 0 Å². The van der Waals surface area contributed by atoms with E-state index in [0.717, 1.165) is 26.2 Å². The minimum atomic E-state index is 0.209. The standard InChI is InChI=1S/C16H25N3/c1-15(2)11-17-12-16(18-15)8-9-19(13-16)10-14-6-4-3-5-7-14/h3-7,17-18H,8-13H2,1-2H3. The molecular formula is C16H25N3. The highest BCUT2D eigenvalue weighted by atomic mass is 15.3. The van der Waals surface area contributed by atoms with Crippen LogP contribution >= 0.6 is 0 Å².